The van der Waals surface area contributed by atoms with E-state index in [1.54, 1.807) is 0 Å². The third-order valence-electron chi connectivity index (χ3n) is 1.22. The largest absolute Gasteiger partial charge is 0.390 e. The molecule has 0 bridgehead atoms. The van der Waals surface area contributed by atoms with Gasteiger partial charge < -0.3 is 5.73 Å². The molecule has 70 valence electrons. The molecule has 0 aromatic rings. The predicted octanol–water partition coefficient (Wildman–Crippen LogP) is -0.148. The number of nitrogens with two attached hydrogens (primary N) is 1. The van der Waals surface area contributed by atoms with E-state index in [1.807, 2.05) is 0 Å². The highest BCUT2D eigenvalue weighted by Gasteiger charge is 2.16. The van der Waals surface area contributed by atoms with Crippen molar-refractivity contribution in [2.75, 3.05) is 7.11 Å². The fraction of sp³-hybridized carbons (Fsp3) is 0.500. The fourth-order valence-corrected chi connectivity index (χ4v) is 1.03. The van der Waals surface area contributed by atoms with E-state index in [0.717, 1.165) is 13.4 Å². The van der Waals surface area contributed by atoms with Crippen molar-refractivity contribution in [3.8, 4) is 0 Å². The average molecular weight is 192 g/mol. The van der Waals surface area contributed by atoms with Gasteiger partial charge in [-0.2, -0.15) is 8.42 Å². The van der Waals surface area contributed by atoms with Crippen molar-refractivity contribution >= 4 is 16.5 Å². The van der Waals surface area contributed by atoms with Crippen LogP contribution < -0.4 is 5.73 Å². The van der Waals surface area contributed by atoms with Gasteiger partial charge in [0.2, 0.25) is 0 Å². The van der Waals surface area contributed by atoms with Gasteiger partial charge in [0.25, 0.3) is 10.1 Å². The second-order valence-corrected chi connectivity index (χ2v) is 4.07. The van der Waals surface area contributed by atoms with Crippen LogP contribution in [0, 0.1) is 0 Å². The van der Waals surface area contributed by atoms with E-state index in [1.165, 1.54) is 19.2 Å². The molecule has 0 aromatic carbocycles. The van der Waals surface area contributed by atoms with Crippen LogP contribution in [0.4, 0.5) is 0 Å². The summed E-state index contributed by atoms with van der Waals surface area (Å²) in [7, 11) is -2.36. The van der Waals surface area contributed by atoms with Crippen molar-refractivity contribution < 1.29 is 12.6 Å². The minimum Gasteiger partial charge on any atom is -0.390 e. The van der Waals surface area contributed by atoms with Gasteiger partial charge in [0, 0.05) is 6.20 Å². The van der Waals surface area contributed by atoms with E-state index in [2.05, 4.69) is 9.18 Å². The molecule has 1 unspecified atom stereocenters. The van der Waals surface area contributed by atoms with Gasteiger partial charge in [0.05, 0.1) is 13.4 Å². The highest BCUT2D eigenvalue weighted by molar-refractivity contribution is 7.87. The molecule has 0 aliphatic rings. The molecule has 0 rings (SSSR count). The zero-order valence-electron chi connectivity index (χ0n) is 6.97. The van der Waals surface area contributed by atoms with E-state index in [9.17, 15) is 8.42 Å². The molecule has 12 heavy (non-hydrogen) atoms. The molecule has 0 saturated heterocycles. The molecule has 0 radical (unpaired) electrons. The maximum atomic E-state index is 10.9. The van der Waals surface area contributed by atoms with Crippen LogP contribution in [0.25, 0.3) is 0 Å². The third-order valence-corrected chi connectivity index (χ3v) is 2.75. The van der Waals surface area contributed by atoms with Crippen molar-refractivity contribution in [1.29, 1.82) is 0 Å². The molecule has 2 N–H and O–H groups in total. The number of hydrogen-bond donors (Lipinski definition) is 1. The number of nitrogens with zero attached hydrogens (tertiary/aromatic N) is 1. The van der Waals surface area contributed by atoms with Crippen molar-refractivity contribution in [3.63, 3.8) is 0 Å². The minimum atomic E-state index is -3.48. The summed E-state index contributed by atoms with van der Waals surface area (Å²) < 4.78 is 26.1. The summed E-state index contributed by atoms with van der Waals surface area (Å²) in [5.41, 5.74) is 4.93. The quantitative estimate of drug-likeness (QED) is 0.381. The van der Waals surface area contributed by atoms with Gasteiger partial charge in [-0.15, -0.1) is 0 Å². The SMILES string of the molecule is COS(=O)(=O)C(C)/C=C\N=CN. The van der Waals surface area contributed by atoms with Crippen molar-refractivity contribution in [3.05, 3.63) is 12.3 Å². The van der Waals surface area contributed by atoms with Crippen molar-refractivity contribution in [1.82, 2.24) is 0 Å². The maximum Gasteiger partial charge on any atom is 0.273 e. The van der Waals surface area contributed by atoms with Gasteiger partial charge in [-0.05, 0) is 13.0 Å². The highest BCUT2D eigenvalue weighted by Crippen LogP contribution is 2.03. The van der Waals surface area contributed by atoms with E-state index in [-0.39, 0.29) is 0 Å². The summed E-state index contributed by atoms with van der Waals surface area (Å²) >= 11 is 0. The van der Waals surface area contributed by atoms with Crippen LogP contribution in [0.2, 0.25) is 0 Å². The number of hydrogen-bond acceptors (Lipinski definition) is 4. The third kappa shape index (κ3) is 3.49. The summed E-state index contributed by atoms with van der Waals surface area (Å²) in [6.07, 6.45) is 3.76. The van der Waals surface area contributed by atoms with Crippen LogP contribution in [-0.2, 0) is 14.3 Å². The Morgan fingerprint density at radius 3 is 2.58 bits per heavy atom. The second kappa shape index (κ2) is 4.89. The second-order valence-electron chi connectivity index (χ2n) is 2.00. The van der Waals surface area contributed by atoms with Crippen LogP contribution in [0.5, 0.6) is 0 Å². The first-order valence-corrected chi connectivity index (χ1v) is 4.71. The normalized spacial score (nSPS) is 15.8. The first-order valence-electron chi connectivity index (χ1n) is 3.24. The van der Waals surface area contributed by atoms with Crippen molar-refractivity contribution in [2.45, 2.75) is 12.2 Å². The van der Waals surface area contributed by atoms with Crippen LogP contribution in [0.1, 0.15) is 6.92 Å². The summed E-state index contributed by atoms with van der Waals surface area (Å²) in [6.45, 7) is 1.49. The van der Waals surface area contributed by atoms with Gasteiger partial charge in [-0.3, -0.25) is 4.18 Å². The smallest absolute Gasteiger partial charge is 0.273 e. The molecule has 1 atom stereocenters. The molecular weight excluding hydrogens is 180 g/mol. The molecule has 0 heterocycles. The number of aliphatic imine (C=N–C) groups is 1. The molecule has 0 spiro atoms. The Hall–Kier alpha value is -0.880. The fourth-order valence-electron chi connectivity index (χ4n) is 0.469. The zero-order valence-corrected chi connectivity index (χ0v) is 7.78. The molecule has 0 amide bonds. The molecule has 5 nitrogen and oxygen atoms in total. The average Bonchev–Trinajstić information content (AvgIpc) is 2.05. The van der Waals surface area contributed by atoms with Crippen LogP contribution in [0.3, 0.4) is 0 Å². The van der Waals surface area contributed by atoms with Crippen LogP contribution in [-0.4, -0.2) is 27.1 Å². The van der Waals surface area contributed by atoms with Gasteiger partial charge in [-0.1, -0.05) is 0 Å². The summed E-state index contributed by atoms with van der Waals surface area (Å²) in [4.78, 5) is 3.51. The van der Waals surface area contributed by atoms with Gasteiger partial charge in [0.15, 0.2) is 0 Å². The highest BCUT2D eigenvalue weighted by atomic mass is 32.2. The van der Waals surface area contributed by atoms with Gasteiger partial charge in [-0.25, -0.2) is 4.99 Å². The Balaban J connectivity index is 4.32. The van der Waals surface area contributed by atoms with Crippen molar-refractivity contribution in [2.24, 2.45) is 10.7 Å². The van der Waals surface area contributed by atoms with Gasteiger partial charge >= 0.3 is 0 Å². The first-order chi connectivity index (χ1) is 5.54. The molecule has 0 aromatic heterocycles. The molecule has 0 saturated carbocycles. The summed E-state index contributed by atoms with van der Waals surface area (Å²) in [5, 5.41) is -0.716. The zero-order chi connectivity index (χ0) is 9.61. The standard InChI is InChI=1S/C6H12N2O3S/c1-6(3-4-8-5-7)12(9,10)11-2/h3-6H,1-2H3,(H2,7,8)/b4-3-. The molecular formula is C6H12N2O3S. The predicted molar refractivity (Wildman–Crippen MR) is 47.2 cm³/mol. The Bertz CT molecular complexity index is 269. The minimum absolute atomic E-state index is 0.716. The lowest BCUT2D eigenvalue weighted by molar-refractivity contribution is 0.394. The number of rotatable bonds is 4. The van der Waals surface area contributed by atoms with Crippen LogP contribution in [0.15, 0.2) is 17.3 Å². The Morgan fingerprint density at radius 1 is 1.58 bits per heavy atom. The van der Waals surface area contributed by atoms with E-state index in [4.69, 9.17) is 5.73 Å². The lowest BCUT2D eigenvalue weighted by Gasteiger charge is -2.03. The summed E-state index contributed by atoms with van der Waals surface area (Å²) in [5.74, 6) is 0. The lowest BCUT2D eigenvalue weighted by atomic mass is 10.5. The Kier molecular flexibility index (Phi) is 4.53. The van der Waals surface area contributed by atoms with Crippen LogP contribution >= 0.6 is 0 Å². The van der Waals surface area contributed by atoms with E-state index in [0.29, 0.717) is 0 Å². The molecule has 6 heteroatoms. The van der Waals surface area contributed by atoms with Gasteiger partial charge in [0.1, 0.15) is 5.25 Å². The maximum absolute atomic E-state index is 10.9. The first kappa shape index (κ1) is 11.1. The topological polar surface area (TPSA) is 81.8 Å². The molecule has 0 aliphatic carbocycles. The van der Waals surface area contributed by atoms with E-state index >= 15 is 0 Å². The van der Waals surface area contributed by atoms with E-state index < -0.39 is 15.4 Å². The lowest BCUT2D eigenvalue weighted by Crippen LogP contribution is -2.16. The Morgan fingerprint density at radius 2 is 2.17 bits per heavy atom. The molecule has 0 aliphatic heterocycles. The summed E-state index contributed by atoms with van der Waals surface area (Å²) in [6, 6.07) is 0. The molecule has 0 fully saturated rings. The Labute approximate surface area is 72.1 Å². The monoisotopic (exact) mass is 192 g/mol.